The Morgan fingerprint density at radius 3 is 2.73 bits per heavy atom. The van der Waals surface area contributed by atoms with Crippen LogP contribution >= 0.6 is 0 Å². The second kappa shape index (κ2) is 6.76. The molecule has 0 fully saturated rings. The number of aliphatic hydroxyl groups excluding tert-OH is 1. The molecule has 3 aromatic rings. The molecule has 0 aliphatic heterocycles. The quantitative estimate of drug-likeness (QED) is 0.700. The molecule has 3 rings (SSSR count). The predicted octanol–water partition coefficient (Wildman–Crippen LogP) is 2.36. The minimum absolute atomic E-state index is 0.111. The van der Waals surface area contributed by atoms with Crippen molar-refractivity contribution in [1.29, 1.82) is 0 Å². The molecule has 26 heavy (non-hydrogen) atoms. The third-order valence-electron chi connectivity index (χ3n) is 4.33. The van der Waals surface area contributed by atoms with Gasteiger partial charge in [0.1, 0.15) is 17.9 Å². The van der Waals surface area contributed by atoms with Gasteiger partial charge in [0.25, 0.3) is 5.56 Å². The van der Waals surface area contributed by atoms with Crippen LogP contribution in [0.2, 0.25) is 0 Å². The Kier molecular flexibility index (Phi) is 4.65. The van der Waals surface area contributed by atoms with E-state index in [9.17, 15) is 14.7 Å². The van der Waals surface area contributed by atoms with Gasteiger partial charge in [-0.1, -0.05) is 6.07 Å². The molecule has 0 spiro atoms. The molecule has 0 aromatic carbocycles. The van der Waals surface area contributed by atoms with Crippen LogP contribution in [0.25, 0.3) is 5.65 Å². The van der Waals surface area contributed by atoms with E-state index in [2.05, 4.69) is 9.97 Å². The van der Waals surface area contributed by atoms with Crippen molar-refractivity contribution in [2.45, 2.75) is 40.4 Å². The molecule has 0 radical (unpaired) electrons. The number of aromatic nitrogens is 3. The Hall–Kier alpha value is -2.93. The average molecular weight is 355 g/mol. The molecule has 0 saturated carbocycles. The summed E-state index contributed by atoms with van der Waals surface area (Å²) < 4.78 is 6.76. The molecular formula is C19H21N3O4. The Bertz CT molecular complexity index is 1050. The minimum Gasteiger partial charge on any atom is -0.454 e. The van der Waals surface area contributed by atoms with Crippen LogP contribution in [0, 0.1) is 20.8 Å². The van der Waals surface area contributed by atoms with Crippen LogP contribution in [0.4, 0.5) is 0 Å². The molecule has 1 atom stereocenters. The lowest BCUT2D eigenvalue weighted by atomic mass is 10.1. The largest absolute Gasteiger partial charge is 0.454 e. The van der Waals surface area contributed by atoms with Gasteiger partial charge in [-0.2, -0.15) is 0 Å². The van der Waals surface area contributed by atoms with Gasteiger partial charge < -0.3 is 14.8 Å². The molecule has 0 aliphatic rings. The van der Waals surface area contributed by atoms with E-state index in [1.165, 1.54) is 10.5 Å². The summed E-state index contributed by atoms with van der Waals surface area (Å²) in [6.07, 6.45) is 1.03. The molecular weight excluding hydrogens is 334 g/mol. The molecule has 3 aromatic heterocycles. The number of H-pyrrole nitrogens is 1. The van der Waals surface area contributed by atoms with Crippen molar-refractivity contribution in [3.63, 3.8) is 0 Å². The van der Waals surface area contributed by atoms with Crippen LogP contribution in [0.5, 0.6) is 0 Å². The van der Waals surface area contributed by atoms with Gasteiger partial charge in [0.15, 0.2) is 0 Å². The van der Waals surface area contributed by atoms with Crippen LogP contribution in [0.1, 0.15) is 51.6 Å². The Labute approximate surface area is 150 Å². The second-order valence-electron chi connectivity index (χ2n) is 6.44. The van der Waals surface area contributed by atoms with E-state index in [1.54, 1.807) is 33.0 Å². The molecule has 3 heterocycles. The maximum absolute atomic E-state index is 12.4. The van der Waals surface area contributed by atoms with Crippen molar-refractivity contribution >= 4 is 11.6 Å². The minimum atomic E-state index is -0.682. The number of pyridine rings is 1. The summed E-state index contributed by atoms with van der Waals surface area (Å²) in [5.41, 5.74) is 3.97. The van der Waals surface area contributed by atoms with Crippen LogP contribution in [-0.4, -0.2) is 25.4 Å². The number of rotatable bonds is 4. The maximum Gasteiger partial charge on any atom is 0.355 e. The summed E-state index contributed by atoms with van der Waals surface area (Å²) in [5.74, 6) is -0.552. The molecule has 0 unspecified atom stereocenters. The lowest BCUT2D eigenvalue weighted by Crippen LogP contribution is -2.17. The highest BCUT2D eigenvalue weighted by molar-refractivity contribution is 5.89. The SMILES string of the molecule is Cc1ccc2nc(COC(=O)c3[nH]c(C)c([C@H](C)O)c3C)cc(=O)n2c1. The second-order valence-corrected chi connectivity index (χ2v) is 6.44. The van der Waals surface area contributed by atoms with Crippen LogP contribution in [0.15, 0.2) is 29.2 Å². The topological polar surface area (TPSA) is 96.7 Å². The van der Waals surface area contributed by atoms with Crippen molar-refractivity contribution in [3.8, 4) is 0 Å². The van der Waals surface area contributed by atoms with Crippen molar-refractivity contribution in [3.05, 3.63) is 68.5 Å². The summed E-state index contributed by atoms with van der Waals surface area (Å²) in [4.78, 5) is 31.9. The van der Waals surface area contributed by atoms with Crippen LogP contribution in [0.3, 0.4) is 0 Å². The first kappa shape index (κ1) is 17.9. The van der Waals surface area contributed by atoms with Gasteiger partial charge in [0.05, 0.1) is 11.8 Å². The van der Waals surface area contributed by atoms with E-state index in [0.29, 0.717) is 28.2 Å². The van der Waals surface area contributed by atoms with E-state index in [0.717, 1.165) is 11.3 Å². The van der Waals surface area contributed by atoms with E-state index in [4.69, 9.17) is 4.74 Å². The van der Waals surface area contributed by atoms with Gasteiger partial charge in [0, 0.05) is 23.5 Å². The highest BCUT2D eigenvalue weighted by atomic mass is 16.5. The predicted molar refractivity (Wildman–Crippen MR) is 96.2 cm³/mol. The Morgan fingerprint density at radius 2 is 2.08 bits per heavy atom. The highest BCUT2D eigenvalue weighted by Gasteiger charge is 2.21. The lowest BCUT2D eigenvalue weighted by Gasteiger charge is -2.07. The van der Waals surface area contributed by atoms with E-state index >= 15 is 0 Å². The Balaban J connectivity index is 1.82. The molecule has 2 N–H and O–H groups in total. The van der Waals surface area contributed by atoms with Crippen molar-refractivity contribution in [1.82, 2.24) is 14.4 Å². The fourth-order valence-corrected chi connectivity index (χ4v) is 3.14. The summed E-state index contributed by atoms with van der Waals surface area (Å²) in [5, 5.41) is 9.82. The zero-order valence-corrected chi connectivity index (χ0v) is 15.2. The molecule has 0 amide bonds. The Morgan fingerprint density at radius 1 is 1.35 bits per heavy atom. The standard InChI is InChI=1S/C19H21N3O4/c1-10-5-6-15-21-14(7-16(24)22(15)8-10)9-26-19(25)18-11(2)17(13(4)23)12(3)20-18/h5-8,13,20,23H,9H2,1-4H3/t13-/m0/s1. The average Bonchev–Trinajstić information content (AvgIpc) is 2.88. The number of esters is 1. The third kappa shape index (κ3) is 3.25. The van der Waals surface area contributed by atoms with E-state index in [-0.39, 0.29) is 12.2 Å². The zero-order valence-electron chi connectivity index (χ0n) is 15.2. The summed E-state index contributed by atoms with van der Waals surface area (Å²) in [7, 11) is 0. The summed E-state index contributed by atoms with van der Waals surface area (Å²) in [6, 6.07) is 4.96. The first-order chi connectivity index (χ1) is 12.3. The molecule has 0 bridgehead atoms. The number of nitrogens with zero attached hydrogens (tertiary/aromatic N) is 2. The number of hydrogen-bond donors (Lipinski definition) is 2. The number of fused-ring (bicyclic) bond motifs is 1. The number of aromatic amines is 1. The van der Waals surface area contributed by atoms with Gasteiger partial charge in [-0.3, -0.25) is 9.20 Å². The number of nitrogens with one attached hydrogen (secondary N) is 1. The van der Waals surface area contributed by atoms with Gasteiger partial charge in [-0.05, 0) is 44.9 Å². The fraction of sp³-hybridized carbons (Fsp3) is 0.316. The lowest BCUT2D eigenvalue weighted by molar-refractivity contribution is 0.0460. The summed E-state index contributed by atoms with van der Waals surface area (Å²) in [6.45, 7) is 6.97. The van der Waals surface area contributed by atoms with Gasteiger partial charge in [-0.25, -0.2) is 9.78 Å². The molecule has 7 heteroatoms. The zero-order chi connectivity index (χ0) is 19.0. The van der Waals surface area contributed by atoms with E-state index in [1.807, 2.05) is 13.0 Å². The number of aliphatic hydroxyl groups is 1. The normalized spacial score (nSPS) is 12.3. The molecule has 136 valence electrons. The molecule has 0 aliphatic carbocycles. The van der Waals surface area contributed by atoms with Crippen LogP contribution in [-0.2, 0) is 11.3 Å². The monoisotopic (exact) mass is 355 g/mol. The third-order valence-corrected chi connectivity index (χ3v) is 4.33. The highest BCUT2D eigenvalue weighted by Crippen LogP contribution is 2.25. The van der Waals surface area contributed by atoms with Crippen molar-refractivity contribution in [2.24, 2.45) is 0 Å². The number of carbonyl (C=O) groups excluding carboxylic acids is 1. The number of aryl methyl sites for hydroxylation is 2. The number of ether oxygens (including phenoxy) is 1. The number of hydrogen-bond acceptors (Lipinski definition) is 5. The smallest absolute Gasteiger partial charge is 0.355 e. The first-order valence-corrected chi connectivity index (χ1v) is 8.31. The van der Waals surface area contributed by atoms with Crippen molar-refractivity contribution < 1.29 is 14.6 Å². The van der Waals surface area contributed by atoms with Crippen molar-refractivity contribution in [2.75, 3.05) is 0 Å². The first-order valence-electron chi connectivity index (χ1n) is 8.31. The van der Waals surface area contributed by atoms with Gasteiger partial charge in [-0.15, -0.1) is 0 Å². The van der Waals surface area contributed by atoms with Crippen LogP contribution < -0.4 is 5.56 Å². The van der Waals surface area contributed by atoms with E-state index < -0.39 is 12.1 Å². The summed E-state index contributed by atoms with van der Waals surface area (Å²) >= 11 is 0. The fourth-order valence-electron chi connectivity index (χ4n) is 3.14. The number of carbonyl (C=O) groups is 1. The van der Waals surface area contributed by atoms with Gasteiger partial charge >= 0.3 is 5.97 Å². The molecule has 7 nitrogen and oxygen atoms in total. The molecule has 0 saturated heterocycles. The van der Waals surface area contributed by atoms with Gasteiger partial charge in [0.2, 0.25) is 0 Å². The maximum atomic E-state index is 12.4.